The minimum absolute atomic E-state index is 0.327. The van der Waals surface area contributed by atoms with E-state index in [1.807, 2.05) is 0 Å². The number of phosphoric acid groups is 1. The first-order valence-corrected chi connectivity index (χ1v) is 3.82. The molecule has 0 aromatic carbocycles. The van der Waals surface area contributed by atoms with E-state index in [9.17, 15) is 4.57 Å². The van der Waals surface area contributed by atoms with E-state index in [-0.39, 0.29) is 0 Å². The van der Waals surface area contributed by atoms with Gasteiger partial charge >= 0.3 is 7.82 Å². The predicted molar refractivity (Wildman–Crippen MR) is 26.3 cm³/mol. The highest BCUT2D eigenvalue weighted by atomic mass is 31.2. The van der Waals surface area contributed by atoms with Crippen LogP contribution in [0.5, 0.6) is 0 Å². The summed E-state index contributed by atoms with van der Waals surface area (Å²) in [5, 5.41) is 0. The van der Waals surface area contributed by atoms with Crippen LogP contribution in [-0.2, 0) is 13.6 Å². The Balaban J connectivity index is 2.45. The second-order valence-electron chi connectivity index (χ2n) is 1.49. The van der Waals surface area contributed by atoms with Crippen LogP contribution in [0.1, 0.15) is 6.42 Å². The lowest BCUT2D eigenvalue weighted by atomic mass is 10.5. The van der Waals surface area contributed by atoms with E-state index in [1.54, 1.807) is 0 Å². The third kappa shape index (κ3) is 1.56. The maximum absolute atomic E-state index is 10.3. The highest BCUT2D eigenvalue weighted by Gasteiger charge is 2.23. The van der Waals surface area contributed by atoms with Crippen molar-refractivity contribution in [3.63, 3.8) is 0 Å². The molecule has 1 aliphatic heterocycles. The van der Waals surface area contributed by atoms with Crippen molar-refractivity contribution in [2.24, 2.45) is 0 Å². The van der Waals surface area contributed by atoms with E-state index in [1.165, 1.54) is 0 Å². The molecule has 0 aromatic heterocycles. The molecule has 0 spiro atoms. The molecule has 0 atom stereocenters. The minimum atomic E-state index is -3.59. The molecule has 1 heterocycles. The summed E-state index contributed by atoms with van der Waals surface area (Å²) in [6.07, 6.45) is 0.699. The van der Waals surface area contributed by atoms with Crippen LogP contribution in [-0.4, -0.2) is 18.1 Å². The average Bonchev–Trinajstić information content (AvgIpc) is 1.65. The third-order valence-corrected chi connectivity index (χ3v) is 1.82. The maximum atomic E-state index is 10.3. The Hall–Kier alpha value is 0.110. The van der Waals surface area contributed by atoms with Gasteiger partial charge in [-0.2, -0.15) is 0 Å². The monoisotopic (exact) mass is 138 g/mol. The first-order chi connectivity index (χ1) is 3.71. The molecule has 1 aliphatic rings. The molecule has 5 heteroatoms. The van der Waals surface area contributed by atoms with Gasteiger partial charge in [0.15, 0.2) is 0 Å². The second-order valence-corrected chi connectivity index (χ2v) is 2.94. The van der Waals surface area contributed by atoms with E-state index >= 15 is 0 Å². The lowest BCUT2D eigenvalue weighted by molar-refractivity contribution is 0.102. The molecular formula is C3H7O4P. The Labute approximate surface area is 47.0 Å². The summed E-state index contributed by atoms with van der Waals surface area (Å²) in [5.74, 6) is 0. The molecule has 0 saturated carbocycles. The molecule has 0 radical (unpaired) electrons. The van der Waals surface area contributed by atoms with Crippen molar-refractivity contribution < 1.29 is 18.5 Å². The fourth-order valence-corrected chi connectivity index (χ4v) is 1.25. The van der Waals surface area contributed by atoms with Gasteiger partial charge in [-0.05, 0) is 6.42 Å². The zero-order valence-corrected chi connectivity index (χ0v) is 5.13. The number of hydrogen-bond donors (Lipinski definition) is 1. The zero-order chi connectivity index (χ0) is 6.04. The van der Waals surface area contributed by atoms with Crippen molar-refractivity contribution in [2.45, 2.75) is 6.42 Å². The number of phosphoric ester groups is 1. The van der Waals surface area contributed by atoms with Crippen LogP contribution in [0.3, 0.4) is 0 Å². The van der Waals surface area contributed by atoms with Crippen molar-refractivity contribution in [2.75, 3.05) is 13.2 Å². The fraction of sp³-hybridized carbons (Fsp3) is 1.00. The van der Waals surface area contributed by atoms with Crippen LogP contribution in [0.15, 0.2) is 0 Å². The molecule has 1 saturated heterocycles. The quantitative estimate of drug-likeness (QED) is 0.496. The van der Waals surface area contributed by atoms with Crippen molar-refractivity contribution in [3.8, 4) is 0 Å². The lowest BCUT2D eigenvalue weighted by Gasteiger charge is -2.16. The summed E-state index contributed by atoms with van der Waals surface area (Å²) in [6, 6.07) is 0. The van der Waals surface area contributed by atoms with Gasteiger partial charge in [-0.25, -0.2) is 4.57 Å². The van der Waals surface area contributed by atoms with Crippen LogP contribution in [0.25, 0.3) is 0 Å². The van der Waals surface area contributed by atoms with Crippen molar-refractivity contribution in [1.29, 1.82) is 0 Å². The van der Waals surface area contributed by atoms with Crippen LogP contribution < -0.4 is 0 Å². The molecule has 0 aliphatic carbocycles. The molecule has 1 rings (SSSR count). The maximum Gasteiger partial charge on any atom is 0.472 e. The van der Waals surface area contributed by atoms with E-state index in [0.29, 0.717) is 19.6 Å². The van der Waals surface area contributed by atoms with Crippen LogP contribution in [0, 0.1) is 0 Å². The summed E-state index contributed by atoms with van der Waals surface area (Å²) in [4.78, 5) is 8.49. The molecule has 0 amide bonds. The van der Waals surface area contributed by atoms with Crippen LogP contribution >= 0.6 is 7.82 Å². The van der Waals surface area contributed by atoms with Gasteiger partial charge in [0.1, 0.15) is 0 Å². The molecular weight excluding hydrogens is 131 g/mol. The Morgan fingerprint density at radius 2 is 1.88 bits per heavy atom. The number of rotatable bonds is 0. The van der Waals surface area contributed by atoms with Crippen LogP contribution in [0.2, 0.25) is 0 Å². The minimum Gasteiger partial charge on any atom is -0.302 e. The molecule has 1 fully saturated rings. The van der Waals surface area contributed by atoms with Gasteiger partial charge in [-0.15, -0.1) is 0 Å². The number of hydrogen-bond acceptors (Lipinski definition) is 3. The smallest absolute Gasteiger partial charge is 0.302 e. The van der Waals surface area contributed by atoms with Gasteiger partial charge in [0.05, 0.1) is 13.2 Å². The first-order valence-electron chi connectivity index (χ1n) is 2.33. The normalized spacial score (nSPS) is 27.6. The van der Waals surface area contributed by atoms with E-state index in [0.717, 1.165) is 0 Å². The Bertz CT molecular complexity index is 112. The van der Waals surface area contributed by atoms with Gasteiger partial charge in [-0.1, -0.05) is 0 Å². The highest BCUT2D eigenvalue weighted by molar-refractivity contribution is 7.47. The second kappa shape index (κ2) is 2.15. The molecule has 0 bridgehead atoms. The average molecular weight is 138 g/mol. The summed E-state index contributed by atoms with van der Waals surface area (Å²) in [7, 11) is -3.59. The summed E-state index contributed by atoms with van der Waals surface area (Å²) in [6.45, 7) is 0.654. The van der Waals surface area contributed by atoms with Gasteiger partial charge in [0.2, 0.25) is 0 Å². The van der Waals surface area contributed by atoms with E-state index < -0.39 is 7.82 Å². The van der Waals surface area contributed by atoms with Gasteiger partial charge in [0.25, 0.3) is 0 Å². The third-order valence-electron chi connectivity index (χ3n) is 0.798. The Morgan fingerprint density at radius 1 is 1.38 bits per heavy atom. The van der Waals surface area contributed by atoms with Crippen molar-refractivity contribution in [3.05, 3.63) is 0 Å². The van der Waals surface area contributed by atoms with E-state index in [2.05, 4.69) is 9.05 Å². The largest absolute Gasteiger partial charge is 0.472 e. The topological polar surface area (TPSA) is 55.8 Å². The van der Waals surface area contributed by atoms with Crippen molar-refractivity contribution >= 4 is 7.82 Å². The predicted octanol–water partition coefficient (Wildman–Crippen LogP) is 0.524. The summed E-state index contributed by atoms with van der Waals surface area (Å²) < 4.78 is 19.1. The lowest BCUT2D eigenvalue weighted by Crippen LogP contribution is -2.06. The van der Waals surface area contributed by atoms with Gasteiger partial charge in [-0.3, -0.25) is 9.05 Å². The standard InChI is InChI=1S/C3H7O4P/c4-8(5)6-2-1-3-7-8/h1-3H2,(H,4,5). The van der Waals surface area contributed by atoms with Gasteiger partial charge in [0, 0.05) is 0 Å². The Kier molecular flexibility index (Phi) is 1.68. The van der Waals surface area contributed by atoms with Crippen molar-refractivity contribution in [1.82, 2.24) is 0 Å². The highest BCUT2D eigenvalue weighted by Crippen LogP contribution is 2.45. The molecule has 1 N–H and O–H groups in total. The molecule has 4 nitrogen and oxygen atoms in total. The Morgan fingerprint density at radius 3 is 2.12 bits per heavy atom. The molecule has 48 valence electrons. The summed E-state index contributed by atoms with van der Waals surface area (Å²) >= 11 is 0. The van der Waals surface area contributed by atoms with Gasteiger partial charge < -0.3 is 4.89 Å². The first kappa shape index (κ1) is 6.23. The molecule has 8 heavy (non-hydrogen) atoms. The van der Waals surface area contributed by atoms with Crippen LogP contribution in [0.4, 0.5) is 0 Å². The fourth-order valence-electron chi connectivity index (χ4n) is 0.456. The summed E-state index contributed by atoms with van der Waals surface area (Å²) in [5.41, 5.74) is 0. The zero-order valence-electron chi connectivity index (χ0n) is 4.24. The molecule has 0 aromatic rings. The van der Waals surface area contributed by atoms with E-state index in [4.69, 9.17) is 4.89 Å². The SMILES string of the molecule is O=P1(O)OCCCO1. The molecule has 0 unspecified atom stereocenters.